The predicted molar refractivity (Wildman–Crippen MR) is 99.0 cm³/mol. The lowest BCUT2D eigenvalue weighted by Gasteiger charge is -2.10. The minimum absolute atomic E-state index is 0. The van der Waals surface area contributed by atoms with Crippen molar-refractivity contribution in [2.45, 2.75) is 39.6 Å². The van der Waals surface area contributed by atoms with Crippen LogP contribution in [0.4, 0.5) is 0 Å². The molecule has 0 bridgehead atoms. The van der Waals surface area contributed by atoms with E-state index in [1.54, 1.807) is 0 Å². The van der Waals surface area contributed by atoms with Crippen molar-refractivity contribution in [3.05, 3.63) is 34.9 Å². The van der Waals surface area contributed by atoms with Gasteiger partial charge in [-0.3, -0.25) is 4.79 Å². The molecular formula is C16H26ClN3O4S. The first kappa shape index (κ1) is 21.9. The molecule has 2 rings (SSSR count). The Balaban J connectivity index is 0.00000312. The summed E-state index contributed by atoms with van der Waals surface area (Å²) in [6.07, 6.45) is -0.0222. The number of fused-ring (bicyclic) bond motifs is 1. The van der Waals surface area contributed by atoms with Gasteiger partial charge in [0.1, 0.15) is 0 Å². The van der Waals surface area contributed by atoms with E-state index in [0.717, 1.165) is 18.7 Å². The van der Waals surface area contributed by atoms with Crippen LogP contribution < -0.4 is 15.4 Å². The van der Waals surface area contributed by atoms with Crippen molar-refractivity contribution in [3.8, 4) is 0 Å². The third-order valence-electron chi connectivity index (χ3n) is 3.65. The average molecular weight is 392 g/mol. The molecule has 7 nitrogen and oxygen atoms in total. The molecule has 0 aromatic heterocycles. The fourth-order valence-corrected chi connectivity index (χ4v) is 3.17. The Bertz CT molecular complexity index is 680. The third kappa shape index (κ3) is 7.70. The van der Waals surface area contributed by atoms with Crippen LogP contribution in [0.2, 0.25) is 0 Å². The number of ether oxygens (including phenoxy) is 1. The van der Waals surface area contributed by atoms with Gasteiger partial charge in [-0.1, -0.05) is 18.2 Å². The Morgan fingerprint density at radius 3 is 2.72 bits per heavy atom. The summed E-state index contributed by atoms with van der Waals surface area (Å²) < 4.78 is 31.0. The van der Waals surface area contributed by atoms with E-state index >= 15 is 0 Å². The van der Waals surface area contributed by atoms with Crippen molar-refractivity contribution in [1.82, 2.24) is 15.4 Å². The number of halogens is 1. The van der Waals surface area contributed by atoms with Crippen LogP contribution >= 0.6 is 12.4 Å². The van der Waals surface area contributed by atoms with Crippen LogP contribution in [0.25, 0.3) is 0 Å². The van der Waals surface area contributed by atoms with E-state index in [1.165, 1.54) is 11.1 Å². The summed E-state index contributed by atoms with van der Waals surface area (Å²) in [5.41, 5.74) is 3.52. The summed E-state index contributed by atoms with van der Waals surface area (Å²) in [4.78, 5) is 11.8. The normalized spacial score (nSPS) is 13.4. The maximum absolute atomic E-state index is 11.8. The first-order valence-electron chi connectivity index (χ1n) is 8.03. The van der Waals surface area contributed by atoms with E-state index in [-0.39, 0.29) is 43.3 Å². The highest BCUT2D eigenvalue weighted by atomic mass is 35.5. The van der Waals surface area contributed by atoms with Crippen molar-refractivity contribution < 1.29 is 17.9 Å². The van der Waals surface area contributed by atoms with Crippen LogP contribution in [-0.4, -0.2) is 39.3 Å². The van der Waals surface area contributed by atoms with Gasteiger partial charge in [-0.25, -0.2) is 13.1 Å². The fraction of sp³-hybridized carbons (Fsp3) is 0.562. The maximum atomic E-state index is 11.8. The number of benzene rings is 1. The summed E-state index contributed by atoms with van der Waals surface area (Å²) >= 11 is 0. The van der Waals surface area contributed by atoms with Gasteiger partial charge in [-0.15, -0.1) is 12.4 Å². The van der Waals surface area contributed by atoms with Crippen LogP contribution in [0.15, 0.2) is 18.2 Å². The smallest absolute Gasteiger partial charge is 0.235 e. The van der Waals surface area contributed by atoms with Gasteiger partial charge >= 0.3 is 0 Å². The van der Waals surface area contributed by atoms with Gasteiger partial charge in [0, 0.05) is 19.6 Å². The zero-order valence-corrected chi connectivity index (χ0v) is 16.1. The summed E-state index contributed by atoms with van der Waals surface area (Å²) in [7, 11) is -3.51. The highest BCUT2D eigenvalue weighted by Gasteiger charge is 2.13. The van der Waals surface area contributed by atoms with Crippen molar-refractivity contribution in [3.63, 3.8) is 0 Å². The molecule has 9 heteroatoms. The molecule has 1 aromatic carbocycles. The molecule has 0 saturated carbocycles. The highest BCUT2D eigenvalue weighted by Crippen LogP contribution is 2.16. The molecule has 142 valence electrons. The Morgan fingerprint density at radius 2 is 2.00 bits per heavy atom. The van der Waals surface area contributed by atoms with E-state index in [0.29, 0.717) is 6.54 Å². The highest BCUT2D eigenvalue weighted by molar-refractivity contribution is 7.89. The van der Waals surface area contributed by atoms with Gasteiger partial charge < -0.3 is 15.4 Å². The summed E-state index contributed by atoms with van der Waals surface area (Å²) in [5.74, 6) is -0.516. The molecule has 0 spiro atoms. The Morgan fingerprint density at radius 1 is 1.28 bits per heavy atom. The van der Waals surface area contributed by atoms with E-state index in [9.17, 15) is 13.2 Å². The largest absolute Gasteiger partial charge is 0.378 e. The number of carbonyl (C=O) groups excluding carboxylic acids is 1. The van der Waals surface area contributed by atoms with Crippen molar-refractivity contribution in [2.75, 3.05) is 18.9 Å². The molecule has 0 aliphatic carbocycles. The van der Waals surface area contributed by atoms with Crippen LogP contribution in [0, 0.1) is 0 Å². The second-order valence-electron chi connectivity index (χ2n) is 6.04. The molecule has 0 unspecified atom stereocenters. The zero-order valence-electron chi connectivity index (χ0n) is 14.5. The molecule has 1 heterocycles. The molecular weight excluding hydrogens is 366 g/mol. The molecule has 1 amide bonds. The van der Waals surface area contributed by atoms with Crippen molar-refractivity contribution in [1.29, 1.82) is 0 Å². The maximum Gasteiger partial charge on any atom is 0.235 e. The molecule has 1 aliphatic rings. The number of amides is 1. The van der Waals surface area contributed by atoms with E-state index in [4.69, 9.17) is 4.74 Å². The van der Waals surface area contributed by atoms with Crippen LogP contribution in [0.5, 0.6) is 0 Å². The Labute approximate surface area is 155 Å². The molecule has 0 saturated heterocycles. The molecule has 1 aromatic rings. The van der Waals surface area contributed by atoms with Crippen molar-refractivity contribution in [2.24, 2.45) is 0 Å². The Hall–Kier alpha value is -1.19. The first-order chi connectivity index (χ1) is 11.4. The molecule has 0 atom stereocenters. The first-order valence-corrected chi connectivity index (χ1v) is 9.68. The topological polar surface area (TPSA) is 96.5 Å². The number of carbonyl (C=O) groups is 1. The molecule has 0 radical (unpaired) electrons. The van der Waals surface area contributed by atoms with Crippen molar-refractivity contribution >= 4 is 28.3 Å². The van der Waals surface area contributed by atoms with Gasteiger partial charge in [0.2, 0.25) is 15.9 Å². The second kappa shape index (κ2) is 10.1. The molecule has 0 fully saturated rings. The van der Waals surface area contributed by atoms with Gasteiger partial charge in [-0.2, -0.15) is 0 Å². The number of nitrogens with one attached hydrogen (secondary N) is 3. The van der Waals surface area contributed by atoms with Gasteiger partial charge in [0.25, 0.3) is 0 Å². The lowest BCUT2D eigenvalue weighted by atomic mass is 10.1. The quantitative estimate of drug-likeness (QED) is 0.575. The Kier molecular flexibility index (Phi) is 8.81. The standard InChI is InChI=1S/C16H25N3O4S.ClH/c1-12(2)23-5-6-24(21,22)19-11-16(20)18-8-13-3-4-14-9-17-10-15(14)7-13;/h3-4,7,12,17,19H,5-6,8-11H2,1-2H3,(H,18,20);1H. The lowest BCUT2D eigenvalue weighted by Crippen LogP contribution is -2.38. The van der Waals surface area contributed by atoms with E-state index in [1.807, 2.05) is 26.0 Å². The number of rotatable bonds is 9. The minimum Gasteiger partial charge on any atom is -0.378 e. The third-order valence-corrected chi connectivity index (χ3v) is 4.94. The fourth-order valence-electron chi connectivity index (χ4n) is 2.36. The predicted octanol–water partition coefficient (Wildman–Crippen LogP) is 0.672. The average Bonchev–Trinajstić information content (AvgIpc) is 2.98. The van der Waals surface area contributed by atoms with Gasteiger partial charge in [-0.05, 0) is 30.5 Å². The summed E-state index contributed by atoms with van der Waals surface area (Å²) in [5, 5.41) is 5.99. The van der Waals surface area contributed by atoms with Gasteiger partial charge in [0.15, 0.2) is 0 Å². The van der Waals surface area contributed by atoms with Crippen LogP contribution in [0.3, 0.4) is 0 Å². The monoisotopic (exact) mass is 391 g/mol. The van der Waals surface area contributed by atoms with Crippen LogP contribution in [-0.2, 0) is 39.2 Å². The van der Waals surface area contributed by atoms with Crippen LogP contribution in [0.1, 0.15) is 30.5 Å². The minimum atomic E-state index is -3.51. The van der Waals surface area contributed by atoms with Gasteiger partial charge in [0.05, 0.1) is 25.0 Å². The summed E-state index contributed by atoms with van der Waals surface area (Å²) in [6.45, 7) is 5.61. The molecule has 25 heavy (non-hydrogen) atoms. The van der Waals surface area contributed by atoms with E-state index < -0.39 is 10.0 Å². The molecule has 3 N–H and O–H groups in total. The molecule has 1 aliphatic heterocycles. The van der Waals surface area contributed by atoms with E-state index in [2.05, 4.69) is 21.4 Å². The summed E-state index contributed by atoms with van der Waals surface area (Å²) in [6, 6.07) is 6.08. The number of hydrogen-bond donors (Lipinski definition) is 3. The lowest BCUT2D eigenvalue weighted by molar-refractivity contribution is -0.120. The zero-order chi connectivity index (χ0) is 17.6. The number of hydrogen-bond acceptors (Lipinski definition) is 5. The second-order valence-corrected chi connectivity index (χ2v) is 7.97. The number of sulfonamides is 1. The SMILES string of the molecule is CC(C)OCCS(=O)(=O)NCC(=O)NCc1ccc2c(c1)CNC2.Cl.